The molecule has 0 radical (unpaired) electrons. The van der Waals surface area contributed by atoms with Gasteiger partial charge in [-0.3, -0.25) is 0 Å². The van der Waals surface area contributed by atoms with E-state index in [0.717, 1.165) is 26.1 Å². The molecule has 1 heterocycles. The molecule has 0 bridgehead atoms. The van der Waals surface area contributed by atoms with Gasteiger partial charge in [-0.1, -0.05) is 6.92 Å². The normalized spacial score (nSPS) is 13.0. The first-order chi connectivity index (χ1) is 6.86. The van der Waals surface area contributed by atoms with Gasteiger partial charge in [0.25, 0.3) is 0 Å². The van der Waals surface area contributed by atoms with Crippen LogP contribution in [0.5, 0.6) is 0 Å². The molecular formula is C11H19NOS. The van der Waals surface area contributed by atoms with E-state index in [1.165, 1.54) is 5.56 Å². The van der Waals surface area contributed by atoms with Crippen LogP contribution in [-0.4, -0.2) is 26.3 Å². The Labute approximate surface area is 90.3 Å². The number of nitrogens with one attached hydrogen (secondary N) is 1. The Kier molecular flexibility index (Phi) is 5.83. The van der Waals surface area contributed by atoms with Crippen LogP contribution < -0.4 is 5.32 Å². The van der Waals surface area contributed by atoms with E-state index < -0.39 is 0 Å². The summed E-state index contributed by atoms with van der Waals surface area (Å²) in [6.07, 6.45) is 2.15. The minimum atomic E-state index is 0.441. The molecule has 0 aliphatic heterocycles. The van der Waals surface area contributed by atoms with E-state index in [9.17, 15) is 0 Å². The Balaban J connectivity index is 2.24. The lowest BCUT2D eigenvalue weighted by molar-refractivity contribution is 0.114. The molecule has 1 aromatic heterocycles. The maximum Gasteiger partial charge on any atom is 0.0622 e. The van der Waals surface area contributed by atoms with Gasteiger partial charge in [0.1, 0.15) is 0 Å². The average Bonchev–Trinajstić information content (AvgIpc) is 2.69. The molecular weight excluding hydrogens is 194 g/mol. The molecule has 1 rings (SSSR count). The topological polar surface area (TPSA) is 21.3 Å². The number of likely N-dealkylation sites (N-methyl/N-ethyl adjacent to an activating group) is 1. The van der Waals surface area contributed by atoms with Crippen molar-refractivity contribution in [2.45, 2.75) is 25.8 Å². The lowest BCUT2D eigenvalue weighted by Gasteiger charge is -2.15. The number of rotatable bonds is 7. The SMILES string of the molecule is CCCOCC(Cc1ccsc1)NC. The standard InChI is InChI=1S/C11H19NOS/c1-3-5-13-8-11(12-2)7-10-4-6-14-9-10/h4,6,9,11-12H,3,5,7-8H2,1-2H3. The van der Waals surface area contributed by atoms with E-state index in [1.54, 1.807) is 11.3 Å². The van der Waals surface area contributed by atoms with E-state index in [0.29, 0.717) is 6.04 Å². The van der Waals surface area contributed by atoms with Gasteiger partial charge in [-0.05, 0) is 42.3 Å². The molecule has 0 spiro atoms. The van der Waals surface area contributed by atoms with Crippen molar-refractivity contribution in [2.24, 2.45) is 0 Å². The molecule has 2 nitrogen and oxygen atoms in total. The zero-order valence-corrected chi connectivity index (χ0v) is 9.77. The zero-order chi connectivity index (χ0) is 10.2. The molecule has 1 unspecified atom stereocenters. The van der Waals surface area contributed by atoms with Gasteiger partial charge in [-0.15, -0.1) is 0 Å². The minimum absolute atomic E-state index is 0.441. The van der Waals surface area contributed by atoms with Crippen molar-refractivity contribution in [3.05, 3.63) is 22.4 Å². The second-order valence-electron chi connectivity index (χ2n) is 3.40. The zero-order valence-electron chi connectivity index (χ0n) is 8.95. The maximum atomic E-state index is 5.53. The fourth-order valence-electron chi connectivity index (χ4n) is 1.31. The van der Waals surface area contributed by atoms with Gasteiger partial charge in [0.05, 0.1) is 6.61 Å². The Hall–Kier alpha value is -0.380. The molecule has 3 heteroatoms. The first-order valence-corrected chi connectivity index (χ1v) is 6.07. The van der Waals surface area contributed by atoms with Crippen LogP contribution in [0, 0.1) is 0 Å². The van der Waals surface area contributed by atoms with Crippen LogP contribution in [0.2, 0.25) is 0 Å². The third-order valence-corrected chi connectivity index (χ3v) is 2.87. The van der Waals surface area contributed by atoms with Crippen LogP contribution in [0.4, 0.5) is 0 Å². The van der Waals surface area contributed by atoms with Crippen molar-refractivity contribution in [2.75, 3.05) is 20.3 Å². The Morgan fingerprint density at radius 3 is 3.00 bits per heavy atom. The number of ether oxygens (including phenoxy) is 1. The second-order valence-corrected chi connectivity index (χ2v) is 4.18. The second kappa shape index (κ2) is 6.98. The number of hydrogen-bond acceptors (Lipinski definition) is 3. The van der Waals surface area contributed by atoms with Crippen LogP contribution >= 0.6 is 11.3 Å². The summed E-state index contributed by atoms with van der Waals surface area (Å²) in [6, 6.07) is 2.62. The molecule has 14 heavy (non-hydrogen) atoms. The quantitative estimate of drug-likeness (QED) is 0.702. The minimum Gasteiger partial charge on any atom is -0.380 e. The van der Waals surface area contributed by atoms with E-state index in [1.807, 2.05) is 7.05 Å². The van der Waals surface area contributed by atoms with E-state index in [-0.39, 0.29) is 0 Å². The first kappa shape index (κ1) is 11.7. The molecule has 0 aromatic carbocycles. The van der Waals surface area contributed by atoms with Crippen molar-refractivity contribution in [3.63, 3.8) is 0 Å². The molecule has 0 aliphatic carbocycles. The third-order valence-electron chi connectivity index (χ3n) is 2.14. The van der Waals surface area contributed by atoms with Crippen molar-refractivity contribution in [3.8, 4) is 0 Å². The van der Waals surface area contributed by atoms with Crippen molar-refractivity contribution < 1.29 is 4.74 Å². The molecule has 1 atom stereocenters. The van der Waals surface area contributed by atoms with Crippen LogP contribution in [0.25, 0.3) is 0 Å². The average molecular weight is 213 g/mol. The van der Waals surface area contributed by atoms with Crippen molar-refractivity contribution in [1.29, 1.82) is 0 Å². The van der Waals surface area contributed by atoms with Gasteiger partial charge in [-0.2, -0.15) is 11.3 Å². The molecule has 0 amide bonds. The fraction of sp³-hybridized carbons (Fsp3) is 0.636. The Morgan fingerprint density at radius 1 is 1.57 bits per heavy atom. The summed E-state index contributed by atoms with van der Waals surface area (Å²) in [5, 5.41) is 7.60. The predicted octanol–water partition coefficient (Wildman–Crippen LogP) is 2.31. The highest BCUT2D eigenvalue weighted by Gasteiger charge is 2.07. The summed E-state index contributed by atoms with van der Waals surface area (Å²) in [5.41, 5.74) is 1.40. The monoisotopic (exact) mass is 213 g/mol. The third kappa shape index (κ3) is 4.22. The van der Waals surface area contributed by atoms with Crippen molar-refractivity contribution in [1.82, 2.24) is 5.32 Å². The first-order valence-electron chi connectivity index (χ1n) is 5.13. The molecule has 1 aromatic rings. The van der Waals surface area contributed by atoms with Gasteiger partial charge in [-0.25, -0.2) is 0 Å². The highest BCUT2D eigenvalue weighted by atomic mass is 32.1. The summed E-state index contributed by atoms with van der Waals surface area (Å²) in [7, 11) is 1.99. The smallest absolute Gasteiger partial charge is 0.0622 e. The van der Waals surface area contributed by atoms with Gasteiger partial charge in [0.15, 0.2) is 0 Å². The fourth-order valence-corrected chi connectivity index (χ4v) is 1.99. The molecule has 0 fully saturated rings. The van der Waals surface area contributed by atoms with E-state index in [4.69, 9.17) is 4.74 Å². The van der Waals surface area contributed by atoms with Crippen molar-refractivity contribution >= 4 is 11.3 Å². The van der Waals surface area contributed by atoms with Gasteiger partial charge in [0.2, 0.25) is 0 Å². The highest BCUT2D eigenvalue weighted by molar-refractivity contribution is 7.07. The van der Waals surface area contributed by atoms with Gasteiger partial charge < -0.3 is 10.1 Å². The van der Waals surface area contributed by atoms with Gasteiger partial charge in [0, 0.05) is 12.6 Å². The molecule has 1 N–H and O–H groups in total. The van der Waals surface area contributed by atoms with E-state index in [2.05, 4.69) is 29.1 Å². The number of thiophene rings is 1. The Morgan fingerprint density at radius 2 is 2.43 bits per heavy atom. The largest absolute Gasteiger partial charge is 0.380 e. The number of hydrogen-bond donors (Lipinski definition) is 1. The van der Waals surface area contributed by atoms with Crippen LogP contribution in [0.15, 0.2) is 16.8 Å². The Bertz CT molecular complexity index is 223. The lowest BCUT2D eigenvalue weighted by atomic mass is 10.1. The van der Waals surface area contributed by atoms with Gasteiger partial charge >= 0.3 is 0 Å². The highest BCUT2D eigenvalue weighted by Crippen LogP contribution is 2.08. The summed E-state index contributed by atoms with van der Waals surface area (Å²) in [4.78, 5) is 0. The maximum absolute atomic E-state index is 5.53. The summed E-state index contributed by atoms with van der Waals surface area (Å²) in [6.45, 7) is 3.80. The van der Waals surface area contributed by atoms with Crippen LogP contribution in [0.3, 0.4) is 0 Å². The molecule has 0 saturated heterocycles. The van der Waals surface area contributed by atoms with Crippen LogP contribution in [-0.2, 0) is 11.2 Å². The summed E-state index contributed by atoms with van der Waals surface area (Å²) >= 11 is 1.75. The molecule has 0 saturated carbocycles. The molecule has 80 valence electrons. The van der Waals surface area contributed by atoms with Crippen LogP contribution in [0.1, 0.15) is 18.9 Å². The summed E-state index contributed by atoms with van der Waals surface area (Å²) < 4.78 is 5.53. The lowest BCUT2D eigenvalue weighted by Crippen LogP contribution is -2.32. The van der Waals surface area contributed by atoms with E-state index >= 15 is 0 Å². The summed E-state index contributed by atoms with van der Waals surface area (Å²) in [5.74, 6) is 0. The molecule has 0 aliphatic rings. The predicted molar refractivity (Wildman–Crippen MR) is 62.0 cm³/mol.